The number of alkyl halides is 3. The van der Waals surface area contributed by atoms with E-state index in [9.17, 15) is 27.2 Å². The Morgan fingerprint density at radius 1 is 0.911 bits per heavy atom. The summed E-state index contributed by atoms with van der Waals surface area (Å²) in [4.78, 5) is 29.7. The van der Waals surface area contributed by atoms with E-state index in [4.69, 9.17) is 17.3 Å². The average molecular weight is 631 g/mol. The van der Waals surface area contributed by atoms with Crippen LogP contribution in [-0.2, 0) is 17.4 Å². The number of anilines is 3. The van der Waals surface area contributed by atoms with Crippen molar-refractivity contribution in [2.75, 3.05) is 16.4 Å². The van der Waals surface area contributed by atoms with Crippen LogP contribution in [0.1, 0.15) is 38.2 Å². The number of amides is 2. The maximum atomic E-state index is 14.1. The molecule has 6 nitrogen and oxygen atoms in total. The summed E-state index contributed by atoms with van der Waals surface area (Å²) in [6, 6.07) is 18.6. The molecule has 45 heavy (non-hydrogen) atoms. The van der Waals surface area contributed by atoms with Gasteiger partial charge in [0.15, 0.2) is 0 Å². The third kappa shape index (κ3) is 7.40. The SMILES string of the molecule is Cc1ccc(CC(=O)Nc2cc(C(F)(F)F)ccc2F)cc1NC(=O)c1ccc(C#Cc2c(N)ncc3ccc(Cl)cc23)cc1. The number of halogens is 5. The Morgan fingerprint density at radius 3 is 2.40 bits per heavy atom. The molecule has 5 aromatic rings. The van der Waals surface area contributed by atoms with Gasteiger partial charge in [-0.2, -0.15) is 13.2 Å². The molecule has 226 valence electrons. The molecule has 0 radical (unpaired) electrons. The summed E-state index contributed by atoms with van der Waals surface area (Å²) in [5.74, 6) is 4.21. The van der Waals surface area contributed by atoms with Crippen LogP contribution < -0.4 is 16.4 Å². The molecule has 4 aromatic carbocycles. The molecular formula is C34H23ClF4N4O2. The van der Waals surface area contributed by atoms with E-state index in [1.54, 1.807) is 67.7 Å². The van der Waals surface area contributed by atoms with Crippen LogP contribution >= 0.6 is 11.6 Å². The molecular weight excluding hydrogens is 608 g/mol. The number of nitrogens with two attached hydrogens (primary N) is 1. The number of aromatic nitrogens is 1. The number of nitrogen functional groups attached to an aromatic ring is 1. The Kier molecular flexibility index (Phi) is 8.75. The van der Waals surface area contributed by atoms with Crippen molar-refractivity contribution >= 4 is 51.4 Å². The van der Waals surface area contributed by atoms with E-state index < -0.39 is 35.1 Å². The zero-order valence-corrected chi connectivity index (χ0v) is 24.3. The van der Waals surface area contributed by atoms with Crippen molar-refractivity contribution in [2.45, 2.75) is 19.5 Å². The Bertz CT molecular complexity index is 2010. The van der Waals surface area contributed by atoms with Crippen LogP contribution in [-0.4, -0.2) is 16.8 Å². The number of nitrogens with zero attached hydrogens (tertiary/aromatic N) is 1. The fourth-order valence-corrected chi connectivity index (χ4v) is 4.63. The first-order valence-corrected chi connectivity index (χ1v) is 13.8. The molecule has 0 bridgehead atoms. The summed E-state index contributed by atoms with van der Waals surface area (Å²) in [6.45, 7) is 1.76. The van der Waals surface area contributed by atoms with Gasteiger partial charge in [-0.3, -0.25) is 9.59 Å². The van der Waals surface area contributed by atoms with Gasteiger partial charge in [-0.1, -0.05) is 41.6 Å². The quantitative estimate of drug-likeness (QED) is 0.137. The zero-order valence-electron chi connectivity index (χ0n) is 23.5. The lowest BCUT2D eigenvalue weighted by Gasteiger charge is -2.13. The number of rotatable bonds is 5. The highest BCUT2D eigenvalue weighted by molar-refractivity contribution is 6.31. The predicted octanol–water partition coefficient (Wildman–Crippen LogP) is 7.77. The van der Waals surface area contributed by atoms with Crippen LogP contribution in [0.15, 0.2) is 85.1 Å². The second-order valence-electron chi connectivity index (χ2n) is 10.1. The van der Waals surface area contributed by atoms with Crippen molar-refractivity contribution in [3.05, 3.63) is 129 Å². The Morgan fingerprint density at radius 2 is 1.67 bits per heavy atom. The van der Waals surface area contributed by atoms with E-state index >= 15 is 0 Å². The Balaban J connectivity index is 1.27. The van der Waals surface area contributed by atoms with Gasteiger partial charge in [0.1, 0.15) is 11.6 Å². The second kappa shape index (κ2) is 12.7. The fourth-order valence-electron chi connectivity index (χ4n) is 4.46. The van der Waals surface area contributed by atoms with Crippen molar-refractivity contribution in [1.82, 2.24) is 4.98 Å². The molecule has 0 aliphatic carbocycles. The summed E-state index contributed by atoms with van der Waals surface area (Å²) in [5.41, 5.74) is 7.51. The number of hydrogen-bond donors (Lipinski definition) is 3. The van der Waals surface area contributed by atoms with Crippen LogP contribution in [0.4, 0.5) is 34.8 Å². The predicted molar refractivity (Wildman–Crippen MR) is 166 cm³/mol. The smallest absolute Gasteiger partial charge is 0.383 e. The lowest BCUT2D eigenvalue weighted by molar-refractivity contribution is -0.137. The Labute approximate surface area is 260 Å². The first kappa shape index (κ1) is 31.0. The topological polar surface area (TPSA) is 97.1 Å². The van der Waals surface area contributed by atoms with Gasteiger partial charge in [-0.25, -0.2) is 9.37 Å². The molecule has 0 saturated carbocycles. The minimum atomic E-state index is -4.69. The molecule has 11 heteroatoms. The summed E-state index contributed by atoms with van der Waals surface area (Å²) in [7, 11) is 0. The van der Waals surface area contributed by atoms with E-state index in [2.05, 4.69) is 27.5 Å². The molecule has 0 aliphatic rings. The number of aryl methyl sites for hydroxylation is 1. The molecule has 0 saturated heterocycles. The molecule has 0 spiro atoms. The average Bonchev–Trinajstić information content (AvgIpc) is 2.99. The van der Waals surface area contributed by atoms with Crippen LogP contribution in [0.3, 0.4) is 0 Å². The number of pyridine rings is 1. The maximum Gasteiger partial charge on any atom is 0.416 e. The van der Waals surface area contributed by atoms with Gasteiger partial charge in [-0.05, 0) is 78.7 Å². The van der Waals surface area contributed by atoms with Crippen molar-refractivity contribution in [3.8, 4) is 11.8 Å². The van der Waals surface area contributed by atoms with Gasteiger partial charge in [0.2, 0.25) is 5.91 Å². The molecule has 1 heterocycles. The fraction of sp³-hybridized carbons (Fsp3) is 0.0882. The molecule has 1 aromatic heterocycles. The summed E-state index contributed by atoms with van der Waals surface area (Å²) in [6.07, 6.45) is -3.31. The maximum absolute atomic E-state index is 14.1. The first-order valence-electron chi connectivity index (χ1n) is 13.4. The normalized spacial score (nSPS) is 11.1. The molecule has 0 aliphatic heterocycles. The summed E-state index contributed by atoms with van der Waals surface area (Å²) < 4.78 is 53.1. The van der Waals surface area contributed by atoms with Crippen molar-refractivity contribution < 1.29 is 27.2 Å². The largest absolute Gasteiger partial charge is 0.416 e. The molecule has 5 rings (SSSR count). The number of benzene rings is 4. The third-order valence-corrected chi connectivity index (χ3v) is 7.08. The van der Waals surface area contributed by atoms with E-state index in [-0.39, 0.29) is 12.2 Å². The van der Waals surface area contributed by atoms with Crippen molar-refractivity contribution in [3.63, 3.8) is 0 Å². The first-order chi connectivity index (χ1) is 21.4. The standard InChI is InChI=1S/C34H23ClF4N4O2/c1-19-2-3-21(15-31(44)42-30-16-24(34(37,38)39)10-13-28(30)36)14-29(19)43-33(45)22-7-4-20(5-8-22)6-12-26-27-17-25(35)11-9-23(27)18-41-32(26)40/h2-5,7-11,13-14,16-18H,15H2,1H3,(H2,40,41)(H,42,44)(H,43,45). The van der Waals surface area contributed by atoms with Gasteiger partial charge < -0.3 is 16.4 Å². The number of hydrogen-bond acceptors (Lipinski definition) is 4. The molecule has 0 atom stereocenters. The lowest BCUT2D eigenvalue weighted by atomic mass is 10.1. The van der Waals surface area contributed by atoms with E-state index in [0.717, 1.165) is 10.8 Å². The van der Waals surface area contributed by atoms with Crippen LogP contribution in [0.2, 0.25) is 5.02 Å². The molecule has 0 unspecified atom stereocenters. The molecule has 4 N–H and O–H groups in total. The van der Waals surface area contributed by atoms with E-state index in [0.29, 0.717) is 56.7 Å². The number of nitrogens with one attached hydrogen (secondary N) is 2. The van der Waals surface area contributed by atoms with Gasteiger partial charge in [0.25, 0.3) is 5.91 Å². The number of fused-ring (bicyclic) bond motifs is 1. The van der Waals surface area contributed by atoms with Crippen LogP contribution in [0.5, 0.6) is 0 Å². The summed E-state index contributed by atoms with van der Waals surface area (Å²) >= 11 is 6.15. The van der Waals surface area contributed by atoms with Crippen LogP contribution in [0, 0.1) is 24.6 Å². The van der Waals surface area contributed by atoms with Crippen molar-refractivity contribution in [2.24, 2.45) is 0 Å². The minimum Gasteiger partial charge on any atom is -0.383 e. The highest BCUT2D eigenvalue weighted by Crippen LogP contribution is 2.32. The number of carbonyl (C=O) groups is 2. The van der Waals surface area contributed by atoms with Gasteiger partial charge >= 0.3 is 6.18 Å². The minimum absolute atomic E-state index is 0.269. The lowest BCUT2D eigenvalue weighted by Crippen LogP contribution is -2.17. The van der Waals surface area contributed by atoms with Gasteiger partial charge in [0.05, 0.1) is 23.2 Å². The second-order valence-corrected chi connectivity index (χ2v) is 10.5. The summed E-state index contributed by atoms with van der Waals surface area (Å²) in [5, 5.41) is 7.15. The van der Waals surface area contributed by atoms with Crippen LogP contribution in [0.25, 0.3) is 10.8 Å². The molecule has 2 amide bonds. The van der Waals surface area contributed by atoms with Crippen molar-refractivity contribution in [1.29, 1.82) is 0 Å². The monoisotopic (exact) mass is 630 g/mol. The third-order valence-electron chi connectivity index (χ3n) is 6.85. The highest BCUT2D eigenvalue weighted by Gasteiger charge is 2.31. The van der Waals surface area contributed by atoms with E-state index in [1.807, 2.05) is 6.07 Å². The van der Waals surface area contributed by atoms with Gasteiger partial charge in [0, 0.05) is 38.8 Å². The van der Waals surface area contributed by atoms with Gasteiger partial charge in [-0.15, -0.1) is 0 Å². The highest BCUT2D eigenvalue weighted by atomic mass is 35.5. The zero-order chi connectivity index (χ0) is 32.3. The molecule has 0 fully saturated rings. The Hall–Kier alpha value is -5.40. The van der Waals surface area contributed by atoms with E-state index in [1.165, 1.54) is 0 Å². The number of carbonyl (C=O) groups excluding carboxylic acids is 2.